The molecule has 2 saturated heterocycles. The zero-order valence-electron chi connectivity index (χ0n) is 15.6. The van der Waals surface area contributed by atoms with Gasteiger partial charge in [-0.25, -0.2) is 0 Å². The third-order valence-corrected chi connectivity index (χ3v) is 6.51. The summed E-state index contributed by atoms with van der Waals surface area (Å²) in [7, 11) is 0. The van der Waals surface area contributed by atoms with Gasteiger partial charge in [-0.1, -0.05) is 6.92 Å². The molecule has 0 radical (unpaired) electrons. The molecule has 0 aromatic rings. The first kappa shape index (κ1) is 17.7. The van der Waals surface area contributed by atoms with E-state index in [1.54, 1.807) is 0 Å². The van der Waals surface area contributed by atoms with Gasteiger partial charge in [0.1, 0.15) is 12.2 Å². The van der Waals surface area contributed by atoms with E-state index >= 15 is 0 Å². The number of carbonyl (C=O) groups excluding carboxylic acids is 2. The average molecular weight is 338 g/mol. The number of carbonyl (C=O) groups is 2. The molecule has 0 amide bonds. The third-order valence-electron chi connectivity index (χ3n) is 6.51. The molecule has 4 aliphatic rings. The van der Waals surface area contributed by atoms with Crippen LogP contribution in [-0.2, 0) is 23.8 Å². The van der Waals surface area contributed by atoms with E-state index in [4.69, 9.17) is 14.2 Å². The Hall–Kier alpha value is -1.10. The van der Waals surface area contributed by atoms with E-state index in [9.17, 15) is 9.59 Å². The summed E-state index contributed by atoms with van der Waals surface area (Å²) < 4.78 is 18.0. The van der Waals surface area contributed by atoms with E-state index in [2.05, 4.69) is 27.7 Å². The van der Waals surface area contributed by atoms with Gasteiger partial charge in [-0.15, -0.1) is 0 Å². The fourth-order valence-corrected chi connectivity index (χ4v) is 5.85. The van der Waals surface area contributed by atoms with Crippen molar-refractivity contribution in [3.05, 3.63) is 0 Å². The lowest BCUT2D eigenvalue weighted by atomic mass is 9.76. The molecular formula is C19H30O5. The Morgan fingerprint density at radius 3 is 2.17 bits per heavy atom. The van der Waals surface area contributed by atoms with Gasteiger partial charge in [-0.05, 0) is 45.4 Å². The van der Waals surface area contributed by atoms with Crippen LogP contribution in [0.15, 0.2) is 0 Å². The number of ether oxygens (including phenoxy) is 3. The van der Waals surface area contributed by atoms with E-state index < -0.39 is 5.60 Å². The second kappa shape index (κ2) is 5.72. The summed E-state index contributed by atoms with van der Waals surface area (Å²) in [6, 6.07) is 0. The van der Waals surface area contributed by atoms with Crippen LogP contribution in [0.5, 0.6) is 0 Å². The highest BCUT2D eigenvalue weighted by Gasteiger charge is 2.63. The first-order valence-electron chi connectivity index (χ1n) is 9.08. The summed E-state index contributed by atoms with van der Waals surface area (Å²) in [4.78, 5) is 23.2. The van der Waals surface area contributed by atoms with Gasteiger partial charge in [0, 0.05) is 32.1 Å². The Labute approximate surface area is 144 Å². The van der Waals surface area contributed by atoms with Crippen molar-refractivity contribution in [2.75, 3.05) is 0 Å². The van der Waals surface area contributed by atoms with Crippen molar-refractivity contribution < 1.29 is 23.8 Å². The Balaban J connectivity index is 1.99. The fourth-order valence-electron chi connectivity index (χ4n) is 5.85. The van der Waals surface area contributed by atoms with Crippen molar-refractivity contribution in [2.45, 2.75) is 84.2 Å². The van der Waals surface area contributed by atoms with Crippen LogP contribution in [-0.4, -0.2) is 35.3 Å². The lowest BCUT2D eigenvalue weighted by Crippen LogP contribution is -2.57. The number of hydrogen-bond donors (Lipinski definition) is 0. The van der Waals surface area contributed by atoms with Crippen molar-refractivity contribution in [3.63, 3.8) is 0 Å². The molecule has 24 heavy (non-hydrogen) atoms. The van der Waals surface area contributed by atoms with Crippen LogP contribution in [0.25, 0.3) is 0 Å². The third kappa shape index (κ3) is 2.85. The normalized spacial score (nSPS) is 46.1. The molecule has 0 N–H and O–H groups in total. The van der Waals surface area contributed by atoms with Crippen LogP contribution in [0, 0.1) is 23.7 Å². The van der Waals surface area contributed by atoms with Gasteiger partial charge in [0.25, 0.3) is 0 Å². The number of hydrogen-bond acceptors (Lipinski definition) is 5. The van der Waals surface area contributed by atoms with Crippen molar-refractivity contribution in [1.82, 2.24) is 0 Å². The molecule has 4 rings (SSSR count). The van der Waals surface area contributed by atoms with E-state index in [0.717, 1.165) is 12.8 Å². The minimum absolute atomic E-state index is 0.113. The topological polar surface area (TPSA) is 61.8 Å². The summed E-state index contributed by atoms with van der Waals surface area (Å²) in [5.41, 5.74) is -0.815. The molecule has 0 aromatic heterocycles. The van der Waals surface area contributed by atoms with Crippen LogP contribution < -0.4 is 0 Å². The smallest absolute Gasteiger partial charge is 0.302 e. The molecule has 4 fully saturated rings. The average Bonchev–Trinajstić information content (AvgIpc) is 2.55. The zero-order valence-corrected chi connectivity index (χ0v) is 15.6. The first-order valence-corrected chi connectivity index (χ1v) is 9.08. The van der Waals surface area contributed by atoms with Gasteiger partial charge in [0.2, 0.25) is 0 Å². The maximum atomic E-state index is 11.6. The summed E-state index contributed by atoms with van der Waals surface area (Å²) in [6.45, 7) is 11.5. The van der Waals surface area contributed by atoms with Gasteiger partial charge < -0.3 is 14.2 Å². The molecular weight excluding hydrogens is 308 g/mol. The van der Waals surface area contributed by atoms with Gasteiger partial charge in [-0.3, -0.25) is 9.59 Å². The number of rotatable bonds is 2. The van der Waals surface area contributed by atoms with Crippen LogP contribution in [0.3, 0.4) is 0 Å². The van der Waals surface area contributed by atoms with Crippen LogP contribution in [0.4, 0.5) is 0 Å². The second-order valence-electron chi connectivity index (χ2n) is 8.76. The molecule has 2 aliphatic carbocycles. The monoisotopic (exact) mass is 338 g/mol. The molecule has 136 valence electrons. The van der Waals surface area contributed by atoms with Crippen molar-refractivity contribution in [1.29, 1.82) is 0 Å². The van der Waals surface area contributed by atoms with Crippen molar-refractivity contribution in [3.8, 4) is 0 Å². The lowest BCUT2D eigenvalue weighted by molar-refractivity contribution is -0.244. The Morgan fingerprint density at radius 2 is 1.58 bits per heavy atom. The number of esters is 2. The molecule has 2 bridgehead atoms. The van der Waals surface area contributed by atoms with E-state index in [0.29, 0.717) is 18.3 Å². The summed E-state index contributed by atoms with van der Waals surface area (Å²) in [5.74, 6) is 0.749. The highest BCUT2D eigenvalue weighted by Crippen LogP contribution is 2.59. The summed E-state index contributed by atoms with van der Waals surface area (Å²) in [6.07, 6.45) is 2.26. The molecule has 0 unspecified atom stereocenters. The Morgan fingerprint density at radius 1 is 1.00 bits per heavy atom. The summed E-state index contributed by atoms with van der Waals surface area (Å²) >= 11 is 0. The van der Waals surface area contributed by atoms with E-state index in [1.165, 1.54) is 13.8 Å². The molecule has 2 heterocycles. The highest BCUT2D eigenvalue weighted by molar-refractivity contribution is 5.66. The van der Waals surface area contributed by atoms with Crippen LogP contribution in [0.1, 0.15) is 60.8 Å². The van der Waals surface area contributed by atoms with E-state index in [-0.39, 0.29) is 41.6 Å². The molecule has 2 aliphatic heterocycles. The Kier molecular flexibility index (Phi) is 4.22. The highest BCUT2D eigenvalue weighted by atomic mass is 16.6. The first-order chi connectivity index (χ1) is 11.0. The van der Waals surface area contributed by atoms with Crippen LogP contribution in [0.2, 0.25) is 0 Å². The lowest BCUT2D eigenvalue weighted by Gasteiger charge is -2.51. The number of fused-ring (bicyclic) bond motifs is 2. The van der Waals surface area contributed by atoms with Crippen molar-refractivity contribution in [2.24, 2.45) is 23.7 Å². The predicted molar refractivity (Wildman–Crippen MR) is 88.2 cm³/mol. The molecule has 2 saturated carbocycles. The van der Waals surface area contributed by atoms with Crippen LogP contribution >= 0.6 is 0 Å². The maximum Gasteiger partial charge on any atom is 0.302 e. The van der Waals surface area contributed by atoms with Gasteiger partial charge >= 0.3 is 11.9 Å². The fraction of sp³-hybridized carbons (Fsp3) is 0.895. The quantitative estimate of drug-likeness (QED) is 0.724. The summed E-state index contributed by atoms with van der Waals surface area (Å²) in [5, 5.41) is 0. The van der Waals surface area contributed by atoms with Crippen molar-refractivity contribution >= 4 is 11.9 Å². The van der Waals surface area contributed by atoms with Gasteiger partial charge in [0.15, 0.2) is 0 Å². The minimum Gasteiger partial charge on any atom is -0.462 e. The zero-order chi connectivity index (χ0) is 17.9. The molecule has 0 spiro atoms. The largest absolute Gasteiger partial charge is 0.462 e. The van der Waals surface area contributed by atoms with Gasteiger partial charge in [0.05, 0.1) is 11.2 Å². The van der Waals surface area contributed by atoms with E-state index in [1.807, 2.05) is 0 Å². The predicted octanol–water partition coefficient (Wildman–Crippen LogP) is 3.10. The molecule has 5 nitrogen and oxygen atoms in total. The van der Waals surface area contributed by atoms with Gasteiger partial charge in [-0.2, -0.15) is 0 Å². The minimum atomic E-state index is -0.452. The Bertz CT molecular complexity index is 542. The molecule has 5 heteroatoms. The maximum absolute atomic E-state index is 11.6. The molecule has 7 atom stereocenters. The molecule has 0 aromatic carbocycles. The standard InChI is InChI=1S/C19H30O5/c1-10-7-15(22-11(2)20)17-13(10)8-14-16(23-12(3)21)9-19(17,6)24-18(14,4)5/h10,13-17H,7-9H2,1-6H3/t10-,13-,14+,15-,16+,17+,19+/m1/s1. The SMILES string of the molecule is CC(=O)O[C@H]1C[C@]2(C)OC(C)(C)[C@H]1C[C@H]1[C@H]2[C@H](OC(C)=O)C[C@H]1C. The second-order valence-corrected chi connectivity index (χ2v) is 8.76.